The highest BCUT2D eigenvalue weighted by Crippen LogP contribution is 2.44. The summed E-state index contributed by atoms with van der Waals surface area (Å²) in [6.07, 6.45) is 0.00148. The van der Waals surface area contributed by atoms with Gasteiger partial charge in [-0.25, -0.2) is 4.79 Å². The van der Waals surface area contributed by atoms with Crippen molar-refractivity contribution in [1.82, 2.24) is 10.6 Å². The second-order valence-corrected chi connectivity index (χ2v) is 13.0. The third kappa shape index (κ3) is 24.2. The zero-order valence-electron chi connectivity index (χ0n) is 34.2. The van der Waals surface area contributed by atoms with Crippen molar-refractivity contribution >= 4 is 18.0 Å². The largest absolute Gasteiger partial charge is 0.481 e. The topological polar surface area (TPSA) is 197 Å². The predicted octanol–water partition coefficient (Wildman–Crippen LogP) is 3.06. The van der Waals surface area contributed by atoms with Gasteiger partial charge < -0.3 is 67.8 Å². The number of alkyl carbamates (subject to hydrolysis) is 1. The third-order valence-electron chi connectivity index (χ3n) is 8.56. The van der Waals surface area contributed by atoms with Crippen LogP contribution in [0.5, 0.6) is 0 Å². The molecule has 3 rings (SSSR count). The van der Waals surface area contributed by atoms with Gasteiger partial charge in [0.25, 0.3) is 0 Å². The van der Waals surface area contributed by atoms with Gasteiger partial charge in [0, 0.05) is 32.0 Å². The number of hydrogen-bond donors (Lipinski definition) is 3. The third-order valence-corrected chi connectivity index (χ3v) is 8.56. The molecule has 59 heavy (non-hydrogen) atoms. The van der Waals surface area contributed by atoms with E-state index in [0.29, 0.717) is 152 Å². The summed E-state index contributed by atoms with van der Waals surface area (Å²) < 4.78 is 60.3. The van der Waals surface area contributed by atoms with Gasteiger partial charge in [0.2, 0.25) is 5.91 Å². The Labute approximate surface area is 347 Å². The number of ether oxygens (including phenoxy) is 11. The normalized spacial score (nSPS) is 12.0. The lowest BCUT2D eigenvalue weighted by molar-refractivity contribution is -0.138. The highest BCUT2D eigenvalue weighted by Gasteiger charge is 2.29. The number of aliphatic carboxylic acids is 1. The van der Waals surface area contributed by atoms with E-state index in [1.54, 1.807) is 0 Å². The molecule has 332 valence electrons. The maximum atomic E-state index is 12.3. The lowest BCUT2D eigenvalue weighted by Crippen LogP contribution is -2.29. The molecule has 0 aromatic heterocycles. The number of rotatable bonds is 39. The van der Waals surface area contributed by atoms with E-state index in [1.807, 2.05) is 24.3 Å². The zero-order valence-corrected chi connectivity index (χ0v) is 34.2. The first-order valence-corrected chi connectivity index (χ1v) is 20.4. The molecule has 17 heteroatoms. The molecule has 0 bridgehead atoms. The van der Waals surface area contributed by atoms with Crippen molar-refractivity contribution in [2.45, 2.75) is 25.2 Å². The van der Waals surface area contributed by atoms with Gasteiger partial charge in [0.15, 0.2) is 0 Å². The summed E-state index contributed by atoms with van der Waals surface area (Å²) in [7, 11) is 0. The van der Waals surface area contributed by atoms with E-state index in [-0.39, 0.29) is 31.3 Å². The first-order valence-electron chi connectivity index (χ1n) is 20.4. The molecular formula is C42H64N2O15. The molecule has 0 unspecified atom stereocenters. The van der Waals surface area contributed by atoms with Crippen molar-refractivity contribution in [2.24, 2.45) is 0 Å². The van der Waals surface area contributed by atoms with Crippen LogP contribution in [-0.2, 0) is 61.7 Å². The smallest absolute Gasteiger partial charge is 0.407 e. The summed E-state index contributed by atoms with van der Waals surface area (Å²) in [4.78, 5) is 34.1. The van der Waals surface area contributed by atoms with E-state index in [2.05, 4.69) is 34.9 Å². The number of nitrogens with one attached hydrogen (secondary N) is 2. The van der Waals surface area contributed by atoms with Crippen LogP contribution in [0.3, 0.4) is 0 Å². The lowest BCUT2D eigenvalue weighted by atomic mass is 9.98. The van der Waals surface area contributed by atoms with Gasteiger partial charge >= 0.3 is 12.1 Å². The maximum absolute atomic E-state index is 12.3. The van der Waals surface area contributed by atoms with Crippen LogP contribution < -0.4 is 10.6 Å². The van der Waals surface area contributed by atoms with Crippen molar-refractivity contribution in [3.8, 4) is 11.1 Å². The Morgan fingerprint density at radius 2 is 0.831 bits per heavy atom. The van der Waals surface area contributed by atoms with Crippen molar-refractivity contribution in [2.75, 3.05) is 152 Å². The molecule has 1 aliphatic rings. The van der Waals surface area contributed by atoms with E-state index in [9.17, 15) is 14.4 Å². The van der Waals surface area contributed by atoms with Crippen LogP contribution in [0.2, 0.25) is 0 Å². The Balaban J connectivity index is 0.931. The molecule has 2 aromatic rings. The lowest BCUT2D eigenvalue weighted by Gasteiger charge is -2.14. The summed E-state index contributed by atoms with van der Waals surface area (Å²) in [5.74, 6) is -1.23. The standard InChI is InChI=1S/C42H64N2O15/c45-40(10-11-41(46)47)43-12-5-14-49-16-18-51-20-22-53-24-26-55-28-30-57-32-33-58-31-29-56-27-25-54-23-21-52-19-17-50-15-13-44-42(48)59-34-39-37-8-3-1-6-35(37)36-7-2-4-9-38(36)39/h1-4,6-9,39H,5,10-34H2,(H,43,45)(H,44,48)(H,46,47). The van der Waals surface area contributed by atoms with Gasteiger partial charge in [0.1, 0.15) is 6.61 Å². The van der Waals surface area contributed by atoms with Crippen molar-refractivity contribution < 1.29 is 71.6 Å². The number of carboxylic acids is 1. The molecule has 0 spiro atoms. The highest BCUT2D eigenvalue weighted by molar-refractivity contribution is 5.80. The van der Waals surface area contributed by atoms with Crippen molar-refractivity contribution in [3.63, 3.8) is 0 Å². The molecule has 0 fully saturated rings. The molecule has 0 radical (unpaired) electrons. The highest BCUT2D eigenvalue weighted by atomic mass is 16.6. The first-order chi connectivity index (χ1) is 29.1. The summed E-state index contributed by atoms with van der Waals surface area (Å²) in [5, 5.41) is 13.9. The van der Waals surface area contributed by atoms with Crippen molar-refractivity contribution in [3.05, 3.63) is 59.7 Å². The first kappa shape index (κ1) is 49.6. The second kappa shape index (κ2) is 34.0. The molecule has 2 aromatic carbocycles. The fraction of sp³-hybridized carbons (Fsp3) is 0.643. The van der Waals surface area contributed by atoms with E-state index in [4.69, 9.17) is 57.2 Å². The van der Waals surface area contributed by atoms with E-state index in [1.165, 1.54) is 22.3 Å². The molecule has 0 atom stereocenters. The molecule has 0 aliphatic heterocycles. The number of carbonyl (C=O) groups excluding carboxylic acids is 2. The van der Waals surface area contributed by atoms with Gasteiger partial charge in [-0.3, -0.25) is 9.59 Å². The van der Waals surface area contributed by atoms with Crippen LogP contribution in [0.4, 0.5) is 4.79 Å². The summed E-state index contributed by atoms with van der Waals surface area (Å²) in [5.41, 5.74) is 4.75. The molecule has 2 amide bonds. The van der Waals surface area contributed by atoms with Gasteiger partial charge in [0.05, 0.1) is 132 Å². The molecule has 0 saturated heterocycles. The monoisotopic (exact) mass is 836 g/mol. The van der Waals surface area contributed by atoms with Crippen LogP contribution in [0.25, 0.3) is 11.1 Å². The number of carboxylic acid groups (broad SMARTS) is 1. The SMILES string of the molecule is O=C(O)CCC(=O)NCCCOCCOCCOCCOCCOCCOCCOCCOCCOCCOCCNC(=O)OCC1c2ccccc2-c2ccccc21. The maximum Gasteiger partial charge on any atom is 0.407 e. The number of amides is 2. The van der Waals surface area contributed by atoms with Crippen LogP contribution in [0.1, 0.15) is 36.3 Å². The Morgan fingerprint density at radius 3 is 1.24 bits per heavy atom. The van der Waals surface area contributed by atoms with Gasteiger partial charge in [-0.1, -0.05) is 48.5 Å². The summed E-state index contributed by atoms with van der Waals surface area (Å²) in [6, 6.07) is 16.5. The quantitative estimate of drug-likeness (QED) is 0.0831. The fourth-order valence-electron chi connectivity index (χ4n) is 5.67. The zero-order chi connectivity index (χ0) is 41.9. The number of carbonyl (C=O) groups is 3. The minimum absolute atomic E-state index is 0.0152. The van der Waals surface area contributed by atoms with Crippen LogP contribution >= 0.6 is 0 Å². The van der Waals surface area contributed by atoms with Crippen LogP contribution in [0, 0.1) is 0 Å². The average molecular weight is 837 g/mol. The Kier molecular flexibility index (Phi) is 28.6. The Hall–Kier alpha value is -3.75. The van der Waals surface area contributed by atoms with Gasteiger partial charge in [-0.2, -0.15) is 0 Å². The summed E-state index contributed by atoms with van der Waals surface area (Å²) >= 11 is 0. The Morgan fingerprint density at radius 1 is 0.458 bits per heavy atom. The van der Waals surface area contributed by atoms with E-state index >= 15 is 0 Å². The number of hydrogen-bond acceptors (Lipinski definition) is 14. The second-order valence-electron chi connectivity index (χ2n) is 13.0. The van der Waals surface area contributed by atoms with Crippen LogP contribution in [0.15, 0.2) is 48.5 Å². The van der Waals surface area contributed by atoms with Gasteiger partial charge in [-0.15, -0.1) is 0 Å². The van der Waals surface area contributed by atoms with Gasteiger partial charge in [-0.05, 0) is 28.7 Å². The molecule has 17 nitrogen and oxygen atoms in total. The number of fused-ring (bicyclic) bond motifs is 3. The number of benzene rings is 2. The molecule has 1 aliphatic carbocycles. The summed E-state index contributed by atoms with van der Waals surface area (Å²) in [6.45, 7) is 10.2. The predicted molar refractivity (Wildman–Crippen MR) is 216 cm³/mol. The molecule has 0 saturated carbocycles. The molecule has 3 N–H and O–H groups in total. The van der Waals surface area contributed by atoms with E-state index < -0.39 is 12.1 Å². The Bertz CT molecular complexity index is 1360. The minimum Gasteiger partial charge on any atom is -0.481 e. The fourth-order valence-corrected chi connectivity index (χ4v) is 5.67. The van der Waals surface area contributed by atoms with Crippen molar-refractivity contribution in [1.29, 1.82) is 0 Å². The minimum atomic E-state index is -0.986. The van der Waals surface area contributed by atoms with E-state index in [0.717, 1.165) is 0 Å². The average Bonchev–Trinajstić information content (AvgIpc) is 3.56. The molecule has 0 heterocycles. The van der Waals surface area contributed by atoms with Crippen LogP contribution in [-0.4, -0.2) is 175 Å². The molecular weight excluding hydrogens is 772 g/mol.